The fourth-order valence-corrected chi connectivity index (χ4v) is 4.94. The van der Waals surface area contributed by atoms with E-state index in [4.69, 9.17) is 6.42 Å². The average Bonchev–Trinajstić information content (AvgIpc) is 2.82. The molecule has 0 heteroatoms. The van der Waals surface area contributed by atoms with Crippen LogP contribution in [0.5, 0.6) is 0 Å². The molecule has 0 N–H and O–H groups in total. The van der Waals surface area contributed by atoms with Crippen LogP contribution in [0.2, 0.25) is 0 Å². The van der Waals surface area contributed by atoms with Gasteiger partial charge in [-0.05, 0) is 73.2 Å². The predicted molar refractivity (Wildman–Crippen MR) is 87.2 cm³/mol. The van der Waals surface area contributed by atoms with Crippen molar-refractivity contribution in [3.8, 4) is 12.3 Å². The molecule has 2 aliphatic rings. The van der Waals surface area contributed by atoms with Gasteiger partial charge in [0.2, 0.25) is 0 Å². The second-order valence-electron chi connectivity index (χ2n) is 8.29. The fraction of sp³-hybridized carbons (Fsp3) is 0.750. The van der Waals surface area contributed by atoms with Crippen molar-refractivity contribution in [2.75, 3.05) is 0 Å². The first-order valence-corrected chi connectivity index (χ1v) is 8.18. The summed E-state index contributed by atoms with van der Waals surface area (Å²) < 4.78 is 0. The Labute approximate surface area is 125 Å². The Hall–Kier alpha value is -0.920. The van der Waals surface area contributed by atoms with Crippen LogP contribution in [0.15, 0.2) is 18.4 Å². The van der Waals surface area contributed by atoms with E-state index in [-0.39, 0.29) is 0 Å². The normalized spacial score (nSPS) is 39.2. The molecule has 0 heterocycles. The molecular formula is C20H30. The highest BCUT2D eigenvalue weighted by Crippen LogP contribution is 2.54. The number of rotatable bonds is 4. The minimum atomic E-state index is 0.437. The first-order chi connectivity index (χ1) is 9.38. The average molecular weight is 270 g/mol. The van der Waals surface area contributed by atoms with Crippen molar-refractivity contribution in [3.05, 3.63) is 18.4 Å². The first-order valence-electron chi connectivity index (χ1n) is 8.18. The molecule has 0 nitrogen and oxygen atoms in total. The molecule has 0 aromatic rings. The van der Waals surface area contributed by atoms with Crippen molar-refractivity contribution in [2.45, 2.75) is 65.7 Å². The van der Waals surface area contributed by atoms with Crippen molar-refractivity contribution in [3.63, 3.8) is 0 Å². The summed E-state index contributed by atoms with van der Waals surface area (Å²) in [5.74, 6) is 5.21. The van der Waals surface area contributed by atoms with Crippen LogP contribution in [-0.2, 0) is 0 Å². The van der Waals surface area contributed by atoms with Crippen LogP contribution >= 0.6 is 0 Å². The van der Waals surface area contributed by atoms with Gasteiger partial charge in [0, 0.05) is 6.42 Å². The van der Waals surface area contributed by atoms with Crippen LogP contribution < -0.4 is 0 Å². The molecule has 0 bridgehead atoms. The first kappa shape index (κ1) is 15.5. The van der Waals surface area contributed by atoms with Crippen molar-refractivity contribution in [1.82, 2.24) is 0 Å². The third-order valence-electron chi connectivity index (χ3n) is 5.91. The predicted octanol–water partition coefficient (Wildman–Crippen LogP) is 5.60. The maximum atomic E-state index is 5.55. The lowest BCUT2D eigenvalue weighted by Gasteiger charge is -2.28. The molecule has 4 unspecified atom stereocenters. The molecule has 0 radical (unpaired) electrons. The van der Waals surface area contributed by atoms with E-state index in [1.165, 1.54) is 38.5 Å². The maximum Gasteiger partial charge on any atom is 0.0120 e. The summed E-state index contributed by atoms with van der Waals surface area (Å²) in [6, 6.07) is 0. The van der Waals surface area contributed by atoms with Gasteiger partial charge in [-0.3, -0.25) is 0 Å². The van der Waals surface area contributed by atoms with Crippen molar-refractivity contribution >= 4 is 0 Å². The quantitative estimate of drug-likeness (QED) is 0.461. The molecule has 0 aromatic heterocycles. The van der Waals surface area contributed by atoms with E-state index in [1.54, 1.807) is 0 Å². The molecule has 2 fully saturated rings. The van der Waals surface area contributed by atoms with Crippen LogP contribution in [0.4, 0.5) is 0 Å². The van der Waals surface area contributed by atoms with Gasteiger partial charge in [-0.15, -0.1) is 18.1 Å². The molecule has 0 amide bonds. The second kappa shape index (κ2) is 5.83. The lowest BCUT2D eigenvalue weighted by Crippen LogP contribution is -2.17. The largest absolute Gasteiger partial charge is 0.133 e. The second-order valence-corrected chi connectivity index (χ2v) is 8.29. The lowest BCUT2D eigenvalue weighted by atomic mass is 9.77. The minimum Gasteiger partial charge on any atom is -0.133 e. The van der Waals surface area contributed by atoms with Gasteiger partial charge in [-0.25, -0.2) is 0 Å². The van der Waals surface area contributed by atoms with Crippen LogP contribution in [-0.4, -0.2) is 0 Å². The number of terminal acetylenes is 1. The highest BCUT2D eigenvalue weighted by molar-refractivity contribution is 5.01. The molecule has 0 saturated heterocycles. The zero-order chi connectivity index (χ0) is 14.8. The highest BCUT2D eigenvalue weighted by atomic mass is 14.5. The van der Waals surface area contributed by atoms with Crippen LogP contribution in [0, 0.1) is 40.9 Å². The van der Waals surface area contributed by atoms with Gasteiger partial charge in [0.1, 0.15) is 0 Å². The summed E-state index contributed by atoms with van der Waals surface area (Å²) in [4.78, 5) is 0. The Morgan fingerprint density at radius 3 is 2.70 bits per heavy atom. The molecule has 2 saturated carbocycles. The summed E-state index contributed by atoms with van der Waals surface area (Å²) in [7, 11) is 0. The third-order valence-corrected chi connectivity index (χ3v) is 5.91. The maximum absolute atomic E-state index is 5.55. The van der Waals surface area contributed by atoms with E-state index in [1.807, 2.05) is 0 Å². The summed E-state index contributed by atoms with van der Waals surface area (Å²) in [6.07, 6.45) is 16.8. The Kier molecular flexibility index (Phi) is 4.51. The van der Waals surface area contributed by atoms with Crippen molar-refractivity contribution in [1.29, 1.82) is 0 Å². The van der Waals surface area contributed by atoms with Gasteiger partial charge < -0.3 is 0 Å². The Morgan fingerprint density at radius 1 is 1.30 bits per heavy atom. The van der Waals surface area contributed by atoms with Crippen LogP contribution in [0.25, 0.3) is 0 Å². The summed E-state index contributed by atoms with van der Waals surface area (Å²) in [6.45, 7) is 11.0. The minimum absolute atomic E-state index is 0.437. The molecule has 0 aromatic carbocycles. The molecule has 2 aliphatic carbocycles. The van der Waals surface area contributed by atoms with E-state index in [0.29, 0.717) is 16.7 Å². The van der Waals surface area contributed by atoms with Gasteiger partial charge in [0.05, 0.1) is 0 Å². The van der Waals surface area contributed by atoms with Gasteiger partial charge >= 0.3 is 0 Å². The van der Waals surface area contributed by atoms with Gasteiger partial charge in [0.15, 0.2) is 0 Å². The Bertz CT molecular complexity index is 429. The number of hydrogen-bond acceptors (Lipinski definition) is 0. The van der Waals surface area contributed by atoms with E-state index in [0.717, 1.165) is 18.3 Å². The third kappa shape index (κ3) is 3.39. The summed E-state index contributed by atoms with van der Waals surface area (Å²) in [5.41, 5.74) is 3.95. The topological polar surface area (TPSA) is 0 Å². The molecule has 4 atom stereocenters. The number of allylic oxidation sites excluding steroid dienone is 1. The van der Waals surface area contributed by atoms with E-state index in [9.17, 15) is 0 Å². The van der Waals surface area contributed by atoms with Gasteiger partial charge in [-0.1, -0.05) is 27.4 Å². The monoisotopic (exact) mass is 270 g/mol. The zero-order valence-electron chi connectivity index (χ0n) is 13.5. The Morgan fingerprint density at radius 2 is 2.05 bits per heavy atom. The van der Waals surface area contributed by atoms with E-state index < -0.39 is 0 Å². The zero-order valence-corrected chi connectivity index (χ0v) is 13.5. The molecule has 0 spiro atoms. The van der Waals surface area contributed by atoms with Crippen LogP contribution in [0.1, 0.15) is 65.7 Å². The SMILES string of the molecule is C#CCC1CC(CC2(C)CCC(C=C=C)C2)CC1(C)C. The lowest BCUT2D eigenvalue weighted by molar-refractivity contribution is 0.229. The molecule has 20 heavy (non-hydrogen) atoms. The van der Waals surface area contributed by atoms with Crippen LogP contribution in [0.3, 0.4) is 0 Å². The van der Waals surface area contributed by atoms with E-state index in [2.05, 4.69) is 45.1 Å². The Balaban J connectivity index is 1.95. The summed E-state index contributed by atoms with van der Waals surface area (Å²) in [5, 5.41) is 0. The van der Waals surface area contributed by atoms with Crippen molar-refractivity contribution < 1.29 is 0 Å². The molecular weight excluding hydrogens is 240 g/mol. The molecule has 110 valence electrons. The molecule has 2 rings (SSSR count). The standard InChI is InChI=1S/C20H30/c1-6-8-16-10-11-20(5,14-16)15-17-12-18(9-7-2)19(3,4)13-17/h2,8,16-18H,1,9-15H2,3-5H3. The van der Waals surface area contributed by atoms with Crippen molar-refractivity contribution in [2.24, 2.45) is 28.6 Å². The highest BCUT2D eigenvalue weighted by Gasteiger charge is 2.43. The smallest absolute Gasteiger partial charge is 0.0120 e. The van der Waals surface area contributed by atoms with Gasteiger partial charge in [-0.2, -0.15) is 0 Å². The molecule has 0 aliphatic heterocycles. The summed E-state index contributed by atoms with van der Waals surface area (Å²) >= 11 is 0. The van der Waals surface area contributed by atoms with Gasteiger partial charge in [0.25, 0.3) is 0 Å². The fourth-order valence-electron chi connectivity index (χ4n) is 4.94. The number of hydrogen-bond donors (Lipinski definition) is 0. The van der Waals surface area contributed by atoms with E-state index >= 15 is 0 Å².